The molecule has 0 unspecified atom stereocenters. The molecule has 0 aromatic heterocycles. The molecular formula is C41H36N2. The Balaban J connectivity index is 1.17. The highest BCUT2D eigenvalue weighted by Crippen LogP contribution is 2.38. The van der Waals surface area contributed by atoms with Gasteiger partial charge in [0.25, 0.3) is 0 Å². The summed E-state index contributed by atoms with van der Waals surface area (Å²) in [5.74, 6) is 0. The van der Waals surface area contributed by atoms with Crippen molar-refractivity contribution in [2.45, 2.75) is 32.1 Å². The third-order valence-electron chi connectivity index (χ3n) is 8.58. The van der Waals surface area contributed by atoms with Gasteiger partial charge in [0, 0.05) is 11.4 Å². The average molecular weight is 557 g/mol. The molecule has 43 heavy (non-hydrogen) atoms. The Morgan fingerprint density at radius 2 is 1.33 bits per heavy atom. The Bertz CT molecular complexity index is 1930. The number of anilines is 4. The normalized spacial score (nSPS) is 13.8. The smallest absolute Gasteiger partial charge is 0.0691 e. The predicted molar refractivity (Wildman–Crippen MR) is 184 cm³/mol. The van der Waals surface area contributed by atoms with Gasteiger partial charge in [-0.3, -0.25) is 0 Å². The van der Waals surface area contributed by atoms with Gasteiger partial charge in [-0.15, -0.1) is 0 Å². The van der Waals surface area contributed by atoms with E-state index >= 15 is 0 Å². The number of fused-ring (bicyclic) bond motifs is 1. The van der Waals surface area contributed by atoms with E-state index in [1.54, 1.807) is 0 Å². The number of rotatable bonds is 7. The third kappa shape index (κ3) is 5.57. The van der Waals surface area contributed by atoms with Crippen molar-refractivity contribution < 1.29 is 0 Å². The van der Waals surface area contributed by atoms with E-state index < -0.39 is 0 Å². The SMILES string of the molecule is Nc1ccccc1N(c1ccccc1)c1ccc(-c2ccc(Cc3ccc4c(c3C3=CC=CCC3)=CCCC=4)cc2)cc1. The van der Waals surface area contributed by atoms with Crippen molar-refractivity contribution in [2.75, 3.05) is 10.6 Å². The molecule has 0 bridgehead atoms. The standard InChI is InChI=1S/C41H36N2/c42-39-17-9-10-18-40(39)43(36-14-5-2-6-15-36)37-27-25-32(26-28-37)31-21-19-30(20-22-31)29-35-24-23-33-11-7-8-16-38(33)41(35)34-12-3-1-4-13-34/h1-3,5-6,9-12,14-28H,4,7-8,13,29,42H2. The summed E-state index contributed by atoms with van der Waals surface area (Å²) in [5, 5.41) is 2.82. The highest BCUT2D eigenvalue weighted by molar-refractivity contribution is 5.84. The second-order valence-corrected chi connectivity index (χ2v) is 11.4. The van der Waals surface area contributed by atoms with Crippen molar-refractivity contribution in [1.29, 1.82) is 0 Å². The minimum Gasteiger partial charge on any atom is -0.397 e. The Hall–Kier alpha value is -5.08. The summed E-state index contributed by atoms with van der Waals surface area (Å²) in [6.45, 7) is 0. The van der Waals surface area contributed by atoms with Crippen molar-refractivity contribution in [3.8, 4) is 11.1 Å². The molecule has 0 aliphatic heterocycles. The molecular weight excluding hydrogens is 520 g/mol. The first kappa shape index (κ1) is 26.8. The van der Waals surface area contributed by atoms with Crippen molar-refractivity contribution in [3.63, 3.8) is 0 Å². The first-order valence-electron chi connectivity index (χ1n) is 15.3. The molecule has 0 heterocycles. The Morgan fingerprint density at radius 1 is 0.628 bits per heavy atom. The molecule has 0 radical (unpaired) electrons. The maximum atomic E-state index is 6.42. The summed E-state index contributed by atoms with van der Waals surface area (Å²) in [7, 11) is 0. The van der Waals surface area contributed by atoms with Crippen LogP contribution in [0.2, 0.25) is 0 Å². The maximum Gasteiger partial charge on any atom is 0.0691 e. The van der Waals surface area contributed by atoms with Gasteiger partial charge in [-0.05, 0) is 112 Å². The second kappa shape index (κ2) is 12.0. The summed E-state index contributed by atoms with van der Waals surface area (Å²) in [6, 6.07) is 41.0. The first-order valence-corrected chi connectivity index (χ1v) is 15.3. The van der Waals surface area contributed by atoms with E-state index in [1.165, 1.54) is 43.8 Å². The molecule has 0 spiro atoms. The quantitative estimate of drug-likeness (QED) is 0.203. The van der Waals surface area contributed by atoms with Crippen LogP contribution in [0.5, 0.6) is 0 Å². The molecule has 7 rings (SSSR count). The van der Waals surface area contributed by atoms with Crippen LogP contribution >= 0.6 is 0 Å². The van der Waals surface area contributed by atoms with Crippen LogP contribution in [0.25, 0.3) is 28.9 Å². The van der Waals surface area contributed by atoms with Gasteiger partial charge in [0.2, 0.25) is 0 Å². The van der Waals surface area contributed by atoms with E-state index in [9.17, 15) is 0 Å². The van der Waals surface area contributed by atoms with Gasteiger partial charge in [-0.1, -0.05) is 109 Å². The molecule has 2 aliphatic carbocycles. The molecule has 0 fully saturated rings. The number of hydrogen-bond donors (Lipinski definition) is 1. The fraction of sp³-hybridized carbons (Fsp3) is 0.122. The molecule has 0 saturated heterocycles. The summed E-state index contributed by atoms with van der Waals surface area (Å²) in [6.07, 6.45) is 17.1. The van der Waals surface area contributed by atoms with Crippen LogP contribution in [0.4, 0.5) is 22.7 Å². The van der Waals surface area contributed by atoms with Crippen LogP contribution in [-0.4, -0.2) is 0 Å². The largest absolute Gasteiger partial charge is 0.397 e. The van der Waals surface area contributed by atoms with Gasteiger partial charge in [-0.25, -0.2) is 0 Å². The van der Waals surface area contributed by atoms with Gasteiger partial charge in [0.1, 0.15) is 0 Å². The zero-order valence-electron chi connectivity index (χ0n) is 24.4. The van der Waals surface area contributed by atoms with Gasteiger partial charge in [0.05, 0.1) is 11.4 Å². The molecule has 0 atom stereocenters. The fourth-order valence-corrected chi connectivity index (χ4v) is 6.42. The molecule has 210 valence electrons. The minimum absolute atomic E-state index is 0.750. The van der Waals surface area contributed by atoms with Crippen molar-refractivity contribution in [3.05, 3.63) is 161 Å². The van der Waals surface area contributed by atoms with E-state index in [2.05, 4.69) is 126 Å². The Labute approximate surface area is 254 Å². The molecule has 0 amide bonds. The van der Waals surface area contributed by atoms with E-state index in [1.807, 2.05) is 24.3 Å². The molecule has 2 heteroatoms. The van der Waals surface area contributed by atoms with Gasteiger partial charge in [0.15, 0.2) is 0 Å². The summed E-state index contributed by atoms with van der Waals surface area (Å²) < 4.78 is 0. The monoisotopic (exact) mass is 556 g/mol. The van der Waals surface area contributed by atoms with E-state index in [0.29, 0.717) is 0 Å². The highest BCUT2D eigenvalue weighted by atomic mass is 15.1. The number of benzene rings is 5. The molecule has 2 N–H and O–H groups in total. The number of nitrogen functional groups attached to an aromatic ring is 1. The van der Waals surface area contributed by atoms with Gasteiger partial charge in [-0.2, -0.15) is 0 Å². The van der Waals surface area contributed by atoms with Crippen molar-refractivity contribution in [2.24, 2.45) is 0 Å². The number of hydrogen-bond acceptors (Lipinski definition) is 2. The molecule has 0 saturated carbocycles. The Kier molecular flexibility index (Phi) is 7.50. The van der Waals surface area contributed by atoms with Gasteiger partial charge >= 0.3 is 0 Å². The van der Waals surface area contributed by atoms with Crippen LogP contribution in [0.1, 0.15) is 42.4 Å². The Morgan fingerprint density at radius 3 is 2.07 bits per heavy atom. The number of nitrogens with zero attached hydrogens (tertiary/aromatic N) is 1. The minimum atomic E-state index is 0.750. The number of nitrogens with two attached hydrogens (primary N) is 1. The fourth-order valence-electron chi connectivity index (χ4n) is 6.42. The third-order valence-corrected chi connectivity index (χ3v) is 8.58. The highest BCUT2D eigenvalue weighted by Gasteiger charge is 2.16. The van der Waals surface area contributed by atoms with Crippen LogP contribution < -0.4 is 21.1 Å². The molecule has 5 aromatic carbocycles. The average Bonchev–Trinajstić information content (AvgIpc) is 3.07. The zero-order chi connectivity index (χ0) is 29.0. The van der Waals surface area contributed by atoms with Crippen LogP contribution in [-0.2, 0) is 6.42 Å². The summed E-state index contributed by atoms with van der Waals surface area (Å²) in [4.78, 5) is 2.21. The van der Waals surface area contributed by atoms with Crippen molar-refractivity contribution >= 4 is 40.5 Å². The van der Waals surface area contributed by atoms with E-state index in [-0.39, 0.29) is 0 Å². The van der Waals surface area contributed by atoms with Crippen molar-refractivity contribution in [1.82, 2.24) is 0 Å². The number of para-hydroxylation sites is 3. The summed E-state index contributed by atoms with van der Waals surface area (Å²) in [5.41, 5.74) is 18.4. The lowest BCUT2D eigenvalue weighted by Crippen LogP contribution is -2.31. The van der Waals surface area contributed by atoms with Crippen LogP contribution in [0.15, 0.2) is 133 Å². The lowest BCUT2D eigenvalue weighted by atomic mass is 9.87. The van der Waals surface area contributed by atoms with Gasteiger partial charge < -0.3 is 10.6 Å². The maximum absolute atomic E-state index is 6.42. The number of allylic oxidation sites excluding steroid dienone is 4. The second-order valence-electron chi connectivity index (χ2n) is 11.4. The predicted octanol–water partition coefficient (Wildman–Crippen LogP) is 9.08. The molecule has 5 aromatic rings. The van der Waals surface area contributed by atoms with Crippen LogP contribution in [0.3, 0.4) is 0 Å². The van der Waals surface area contributed by atoms with Crippen LogP contribution in [0, 0.1) is 0 Å². The summed E-state index contributed by atoms with van der Waals surface area (Å²) >= 11 is 0. The molecule has 2 aliphatic rings. The van der Waals surface area contributed by atoms with E-state index in [4.69, 9.17) is 5.73 Å². The van der Waals surface area contributed by atoms with E-state index in [0.717, 1.165) is 54.9 Å². The molecule has 2 nitrogen and oxygen atoms in total. The topological polar surface area (TPSA) is 29.3 Å². The zero-order valence-corrected chi connectivity index (χ0v) is 24.4. The lowest BCUT2D eigenvalue weighted by Gasteiger charge is -2.26. The first-order chi connectivity index (χ1) is 21.2. The lowest BCUT2D eigenvalue weighted by molar-refractivity contribution is 1.03.